The fraction of sp³-hybridized carbons (Fsp3) is 0.136. The number of benzene rings is 2. The number of thiazole rings is 1. The highest BCUT2D eigenvalue weighted by atomic mass is 32.2. The van der Waals surface area contributed by atoms with E-state index in [4.69, 9.17) is 4.74 Å². The normalized spacial score (nSPS) is 14.1. The van der Waals surface area contributed by atoms with Crippen LogP contribution >= 0.6 is 11.3 Å². The predicted octanol–water partition coefficient (Wildman–Crippen LogP) is 2.81. The van der Waals surface area contributed by atoms with Crippen molar-refractivity contribution in [2.24, 2.45) is 0 Å². The predicted molar refractivity (Wildman–Crippen MR) is 127 cm³/mol. The average Bonchev–Trinajstić information content (AvgIpc) is 3.42. The van der Waals surface area contributed by atoms with E-state index < -0.39 is 10.0 Å². The van der Waals surface area contributed by atoms with E-state index in [9.17, 15) is 18.0 Å². The van der Waals surface area contributed by atoms with Crippen LogP contribution in [0.15, 0.2) is 58.9 Å². The number of nitrogens with zero attached hydrogens (tertiary/aromatic N) is 1. The zero-order valence-electron chi connectivity index (χ0n) is 17.5. The standard InChI is InChI=1S/C22H20N4O5S2/c1-31-10-8-24-21(27)14-2-4-15(5-3-14)26-33(29,30)16-6-7-19-17(12-16)18(22(28)25-19)13-20-23-9-11-32-20/h2-7,9,11-13,26H,8,10H2,1H3,(H,24,27)(H,25,28)/b18-13+. The quantitative estimate of drug-likeness (QED) is 0.333. The molecular formula is C22H20N4O5S2. The van der Waals surface area contributed by atoms with E-state index in [1.165, 1.54) is 47.7 Å². The van der Waals surface area contributed by atoms with Crippen LogP contribution in [0.5, 0.6) is 0 Å². The maximum atomic E-state index is 13.0. The summed E-state index contributed by atoms with van der Waals surface area (Å²) in [6, 6.07) is 10.5. The summed E-state index contributed by atoms with van der Waals surface area (Å²) in [4.78, 5) is 28.6. The first-order valence-electron chi connectivity index (χ1n) is 9.84. The fourth-order valence-corrected chi connectivity index (χ4v) is 4.83. The Bertz CT molecular complexity index is 1320. The van der Waals surface area contributed by atoms with Gasteiger partial charge in [-0.2, -0.15) is 0 Å². The third-order valence-corrected chi connectivity index (χ3v) is 6.90. The molecule has 0 aliphatic carbocycles. The van der Waals surface area contributed by atoms with Crippen molar-refractivity contribution in [3.8, 4) is 0 Å². The molecule has 0 atom stereocenters. The third kappa shape index (κ3) is 5.11. The van der Waals surface area contributed by atoms with E-state index in [0.717, 1.165) is 0 Å². The first kappa shape index (κ1) is 22.6. The molecule has 3 aromatic rings. The lowest BCUT2D eigenvalue weighted by atomic mass is 10.1. The van der Waals surface area contributed by atoms with E-state index in [0.29, 0.717) is 46.2 Å². The average molecular weight is 485 g/mol. The van der Waals surface area contributed by atoms with Crippen LogP contribution in [0.4, 0.5) is 11.4 Å². The van der Waals surface area contributed by atoms with Crippen molar-refractivity contribution in [1.29, 1.82) is 0 Å². The molecule has 2 heterocycles. The van der Waals surface area contributed by atoms with Gasteiger partial charge in [-0.05, 0) is 48.5 Å². The van der Waals surface area contributed by atoms with E-state index in [-0.39, 0.29) is 16.7 Å². The number of hydrogen-bond acceptors (Lipinski definition) is 7. The lowest BCUT2D eigenvalue weighted by molar-refractivity contribution is -0.110. The van der Waals surface area contributed by atoms with Crippen LogP contribution in [0.25, 0.3) is 11.6 Å². The lowest BCUT2D eigenvalue weighted by Crippen LogP contribution is -2.26. The van der Waals surface area contributed by atoms with Gasteiger partial charge >= 0.3 is 0 Å². The van der Waals surface area contributed by atoms with Gasteiger partial charge in [0.15, 0.2) is 0 Å². The molecule has 0 saturated carbocycles. The van der Waals surface area contributed by atoms with Gasteiger partial charge in [-0.3, -0.25) is 14.3 Å². The molecule has 170 valence electrons. The van der Waals surface area contributed by atoms with Crippen LogP contribution in [-0.4, -0.2) is 45.5 Å². The Morgan fingerprint density at radius 2 is 2.00 bits per heavy atom. The molecule has 0 fully saturated rings. The van der Waals surface area contributed by atoms with Crippen molar-refractivity contribution < 1.29 is 22.7 Å². The smallest absolute Gasteiger partial charge is 0.261 e. The topological polar surface area (TPSA) is 126 Å². The molecule has 3 N–H and O–H groups in total. The Balaban J connectivity index is 1.53. The maximum Gasteiger partial charge on any atom is 0.261 e. The van der Waals surface area contributed by atoms with Gasteiger partial charge in [0, 0.05) is 47.7 Å². The van der Waals surface area contributed by atoms with Gasteiger partial charge in [-0.1, -0.05) is 0 Å². The second-order valence-electron chi connectivity index (χ2n) is 7.02. The highest BCUT2D eigenvalue weighted by Gasteiger charge is 2.27. The van der Waals surface area contributed by atoms with Crippen LogP contribution in [0.1, 0.15) is 20.9 Å². The number of fused-ring (bicyclic) bond motifs is 1. The van der Waals surface area contributed by atoms with Crippen LogP contribution in [0, 0.1) is 0 Å². The van der Waals surface area contributed by atoms with Crippen molar-refractivity contribution in [3.05, 3.63) is 70.2 Å². The molecule has 11 heteroatoms. The molecule has 1 aliphatic rings. The van der Waals surface area contributed by atoms with Crippen LogP contribution in [-0.2, 0) is 19.6 Å². The second kappa shape index (κ2) is 9.53. The number of carbonyl (C=O) groups is 2. The molecule has 9 nitrogen and oxygen atoms in total. The number of aromatic nitrogens is 1. The summed E-state index contributed by atoms with van der Waals surface area (Å²) in [5, 5.41) is 7.86. The van der Waals surface area contributed by atoms with Gasteiger partial charge in [0.25, 0.3) is 21.8 Å². The van der Waals surface area contributed by atoms with Crippen molar-refractivity contribution in [1.82, 2.24) is 10.3 Å². The molecule has 33 heavy (non-hydrogen) atoms. The minimum absolute atomic E-state index is 0.00386. The van der Waals surface area contributed by atoms with Gasteiger partial charge in [-0.15, -0.1) is 11.3 Å². The van der Waals surface area contributed by atoms with Crippen molar-refractivity contribution in [2.45, 2.75) is 4.90 Å². The Morgan fingerprint density at radius 1 is 1.21 bits per heavy atom. The summed E-state index contributed by atoms with van der Waals surface area (Å²) in [7, 11) is -2.39. The number of methoxy groups -OCH3 is 1. The van der Waals surface area contributed by atoms with Gasteiger partial charge in [0.05, 0.1) is 17.1 Å². The summed E-state index contributed by atoms with van der Waals surface area (Å²) in [6.45, 7) is 0.768. The summed E-state index contributed by atoms with van der Waals surface area (Å²) in [6.07, 6.45) is 3.26. The summed E-state index contributed by atoms with van der Waals surface area (Å²) in [5.41, 5.74) is 2.07. The molecular weight excluding hydrogens is 464 g/mol. The largest absolute Gasteiger partial charge is 0.383 e. The number of nitrogens with one attached hydrogen (secondary N) is 3. The van der Waals surface area contributed by atoms with E-state index >= 15 is 0 Å². The minimum atomic E-state index is -3.93. The van der Waals surface area contributed by atoms with Crippen LogP contribution < -0.4 is 15.4 Å². The molecule has 1 aliphatic heterocycles. The van der Waals surface area contributed by atoms with Crippen molar-refractivity contribution in [3.63, 3.8) is 0 Å². The minimum Gasteiger partial charge on any atom is -0.383 e. The van der Waals surface area contributed by atoms with Gasteiger partial charge in [-0.25, -0.2) is 13.4 Å². The van der Waals surface area contributed by atoms with Crippen molar-refractivity contribution >= 4 is 56.2 Å². The molecule has 0 saturated heterocycles. The van der Waals surface area contributed by atoms with E-state index in [1.54, 1.807) is 30.8 Å². The second-order valence-corrected chi connectivity index (χ2v) is 9.63. The Morgan fingerprint density at radius 3 is 2.70 bits per heavy atom. The lowest BCUT2D eigenvalue weighted by Gasteiger charge is -2.10. The number of hydrogen-bond donors (Lipinski definition) is 3. The van der Waals surface area contributed by atoms with Gasteiger partial charge in [0.1, 0.15) is 5.01 Å². The zero-order valence-corrected chi connectivity index (χ0v) is 19.1. The third-order valence-electron chi connectivity index (χ3n) is 4.79. The van der Waals surface area contributed by atoms with E-state index in [2.05, 4.69) is 20.3 Å². The summed E-state index contributed by atoms with van der Waals surface area (Å²) >= 11 is 1.37. The van der Waals surface area contributed by atoms with E-state index in [1.807, 2.05) is 0 Å². The Kier molecular flexibility index (Phi) is 6.54. The monoisotopic (exact) mass is 484 g/mol. The Hall–Kier alpha value is -3.54. The molecule has 0 radical (unpaired) electrons. The van der Waals surface area contributed by atoms with Crippen LogP contribution in [0.2, 0.25) is 0 Å². The van der Waals surface area contributed by atoms with Crippen LogP contribution in [0.3, 0.4) is 0 Å². The number of amides is 2. The number of sulfonamides is 1. The maximum absolute atomic E-state index is 13.0. The molecule has 0 unspecified atom stereocenters. The molecule has 2 amide bonds. The molecule has 1 aromatic heterocycles. The first-order chi connectivity index (χ1) is 15.9. The highest BCUT2D eigenvalue weighted by Crippen LogP contribution is 2.35. The number of rotatable bonds is 8. The van der Waals surface area contributed by atoms with Gasteiger partial charge in [0.2, 0.25) is 0 Å². The van der Waals surface area contributed by atoms with Gasteiger partial charge < -0.3 is 15.4 Å². The highest BCUT2D eigenvalue weighted by molar-refractivity contribution is 7.92. The fourth-order valence-electron chi connectivity index (χ4n) is 3.18. The molecule has 4 rings (SSSR count). The number of anilines is 2. The summed E-state index contributed by atoms with van der Waals surface area (Å²) < 4.78 is 33.3. The SMILES string of the molecule is COCCNC(=O)c1ccc(NS(=O)(=O)c2ccc3c(c2)/C(=C\c2nccs2)C(=O)N3)cc1. The Labute approximate surface area is 194 Å². The molecule has 0 bridgehead atoms. The molecule has 0 spiro atoms. The molecule has 2 aromatic carbocycles. The van der Waals surface area contributed by atoms with Crippen molar-refractivity contribution in [2.75, 3.05) is 30.3 Å². The zero-order chi connectivity index (χ0) is 23.4. The number of carbonyl (C=O) groups excluding carboxylic acids is 2. The number of ether oxygens (including phenoxy) is 1. The first-order valence-corrected chi connectivity index (χ1v) is 12.2. The summed E-state index contributed by atoms with van der Waals surface area (Å²) in [5.74, 6) is -0.598.